The molecule has 1 aromatic carbocycles. The summed E-state index contributed by atoms with van der Waals surface area (Å²) in [6.07, 6.45) is -4.31. The Labute approximate surface area is 109 Å². The lowest BCUT2D eigenvalue weighted by molar-refractivity contribution is -0.139. The molecule has 0 aliphatic carbocycles. The lowest BCUT2D eigenvalue weighted by atomic mass is 10.2. The van der Waals surface area contributed by atoms with Crippen molar-refractivity contribution in [3.63, 3.8) is 0 Å². The van der Waals surface area contributed by atoms with Crippen molar-refractivity contribution in [2.75, 3.05) is 5.43 Å². The molecule has 7 heteroatoms. The number of hydrogen-bond acceptors (Lipinski definition) is 4. The Hall–Kier alpha value is -1.76. The monoisotopic (exact) mass is 278 g/mol. The van der Waals surface area contributed by atoms with E-state index in [9.17, 15) is 18.0 Å². The summed E-state index contributed by atoms with van der Waals surface area (Å²) in [4.78, 5) is 9.60. The number of alkyl halides is 3. The summed E-state index contributed by atoms with van der Waals surface area (Å²) >= 11 is 0. The van der Waals surface area contributed by atoms with Gasteiger partial charge in [-0.3, -0.25) is 10.6 Å². The maximum atomic E-state index is 12.0. The summed E-state index contributed by atoms with van der Waals surface area (Å²) in [6, 6.07) is 4.67. The first-order valence-electron chi connectivity index (χ1n) is 5.35. The summed E-state index contributed by atoms with van der Waals surface area (Å²) in [5.74, 6) is 4.94. The van der Waals surface area contributed by atoms with Crippen molar-refractivity contribution in [1.29, 1.82) is 0 Å². The molecule has 1 aromatic rings. The number of ether oxygens (including phenoxy) is 1. The van der Waals surface area contributed by atoms with Gasteiger partial charge in [-0.15, -0.1) is 0 Å². The van der Waals surface area contributed by atoms with Crippen LogP contribution in [0.15, 0.2) is 24.3 Å². The van der Waals surface area contributed by atoms with Gasteiger partial charge in [0.05, 0.1) is 5.56 Å². The van der Waals surface area contributed by atoms with Gasteiger partial charge in [0.1, 0.15) is 5.60 Å². The minimum absolute atomic E-state index is 0.241. The molecular formula is C12H17F3N2O2. The van der Waals surface area contributed by atoms with Crippen molar-refractivity contribution in [3.05, 3.63) is 29.8 Å². The van der Waals surface area contributed by atoms with Crippen molar-refractivity contribution in [2.24, 2.45) is 5.84 Å². The Morgan fingerprint density at radius 3 is 2.16 bits per heavy atom. The fraction of sp³-hybridized carbons (Fsp3) is 0.417. The molecule has 0 aliphatic rings. The molecule has 3 N–H and O–H groups in total. The number of nitrogens with two attached hydrogens (primary N) is 1. The Kier molecular flexibility index (Phi) is 6.34. The Balaban J connectivity index is 0.000000399. The van der Waals surface area contributed by atoms with Crippen molar-refractivity contribution in [3.8, 4) is 0 Å². The highest BCUT2D eigenvalue weighted by atomic mass is 19.4. The first-order chi connectivity index (χ1) is 8.60. The zero-order chi connectivity index (χ0) is 15.1. The van der Waals surface area contributed by atoms with E-state index in [1.165, 1.54) is 12.1 Å². The van der Waals surface area contributed by atoms with Crippen LogP contribution in [0, 0.1) is 0 Å². The third-order valence-electron chi connectivity index (χ3n) is 1.76. The summed E-state index contributed by atoms with van der Waals surface area (Å²) in [5, 5.41) is 0. The molecule has 0 heterocycles. The Morgan fingerprint density at radius 1 is 1.26 bits per heavy atom. The van der Waals surface area contributed by atoms with Crippen LogP contribution in [0.3, 0.4) is 0 Å². The second kappa shape index (κ2) is 6.98. The fourth-order valence-electron chi connectivity index (χ4n) is 0.930. The minimum atomic E-state index is -4.31. The summed E-state index contributed by atoms with van der Waals surface area (Å²) in [7, 11) is 0. The maximum Gasteiger partial charge on any atom is 0.416 e. The first kappa shape index (κ1) is 17.2. The van der Waals surface area contributed by atoms with E-state index < -0.39 is 11.7 Å². The molecule has 0 saturated carbocycles. The molecule has 19 heavy (non-hydrogen) atoms. The predicted octanol–water partition coefficient (Wildman–Crippen LogP) is 2.95. The highest BCUT2D eigenvalue weighted by molar-refractivity contribution is 5.45. The zero-order valence-corrected chi connectivity index (χ0v) is 10.9. The number of anilines is 1. The molecule has 0 amide bonds. The number of carbonyl (C=O) groups is 1. The number of hydrazine groups is 1. The molecule has 0 aromatic heterocycles. The molecule has 0 spiro atoms. The highest BCUT2D eigenvalue weighted by Gasteiger charge is 2.30. The van der Waals surface area contributed by atoms with Gasteiger partial charge in [-0.05, 0) is 39.0 Å². The van der Waals surface area contributed by atoms with Gasteiger partial charge in [-0.1, -0.05) is 6.07 Å². The van der Waals surface area contributed by atoms with E-state index >= 15 is 0 Å². The van der Waals surface area contributed by atoms with E-state index in [0.29, 0.717) is 6.47 Å². The highest BCUT2D eigenvalue weighted by Crippen LogP contribution is 2.30. The number of nitrogen functional groups attached to an aromatic ring is 1. The van der Waals surface area contributed by atoms with Gasteiger partial charge < -0.3 is 10.2 Å². The van der Waals surface area contributed by atoms with E-state index in [1.54, 1.807) is 0 Å². The molecule has 0 unspecified atom stereocenters. The summed E-state index contributed by atoms with van der Waals surface area (Å²) < 4.78 is 40.7. The number of hydrogen-bond donors (Lipinski definition) is 2. The van der Waals surface area contributed by atoms with Crippen molar-refractivity contribution < 1.29 is 22.7 Å². The molecule has 0 atom stereocenters. The van der Waals surface area contributed by atoms with Gasteiger partial charge in [-0.25, -0.2) is 0 Å². The van der Waals surface area contributed by atoms with E-state index in [-0.39, 0.29) is 11.3 Å². The van der Waals surface area contributed by atoms with Gasteiger partial charge in [0.2, 0.25) is 0 Å². The van der Waals surface area contributed by atoms with Crippen LogP contribution in [0.1, 0.15) is 26.3 Å². The summed E-state index contributed by atoms with van der Waals surface area (Å²) in [6.45, 7) is 5.92. The summed E-state index contributed by atoms with van der Waals surface area (Å²) in [5.41, 5.74) is 1.35. The van der Waals surface area contributed by atoms with Gasteiger partial charge in [0, 0.05) is 5.69 Å². The SMILES string of the molecule is CC(C)(C)OC=O.NNc1cccc(C(F)(F)F)c1. The molecule has 108 valence electrons. The van der Waals surface area contributed by atoms with Crippen LogP contribution < -0.4 is 11.3 Å². The Bertz CT molecular complexity index is 401. The lowest BCUT2D eigenvalue weighted by Gasteiger charge is -2.14. The van der Waals surface area contributed by atoms with Gasteiger partial charge in [0.25, 0.3) is 6.47 Å². The van der Waals surface area contributed by atoms with Gasteiger partial charge >= 0.3 is 6.18 Å². The average molecular weight is 278 g/mol. The zero-order valence-electron chi connectivity index (χ0n) is 10.9. The van der Waals surface area contributed by atoms with Gasteiger partial charge in [0.15, 0.2) is 0 Å². The molecule has 0 fully saturated rings. The molecule has 0 saturated heterocycles. The third kappa shape index (κ3) is 8.04. The van der Waals surface area contributed by atoms with Crippen LogP contribution in [0.5, 0.6) is 0 Å². The Morgan fingerprint density at radius 2 is 1.84 bits per heavy atom. The quantitative estimate of drug-likeness (QED) is 0.496. The van der Waals surface area contributed by atoms with Crippen molar-refractivity contribution in [2.45, 2.75) is 32.5 Å². The predicted molar refractivity (Wildman–Crippen MR) is 66.2 cm³/mol. The lowest BCUT2D eigenvalue weighted by Crippen LogP contribution is -2.17. The van der Waals surface area contributed by atoms with Crippen LogP contribution in [0.4, 0.5) is 18.9 Å². The van der Waals surface area contributed by atoms with Crippen LogP contribution in [0.25, 0.3) is 0 Å². The van der Waals surface area contributed by atoms with E-state index in [4.69, 9.17) is 5.84 Å². The van der Waals surface area contributed by atoms with E-state index in [2.05, 4.69) is 10.2 Å². The smallest absolute Gasteiger partial charge is 0.416 e. The largest absolute Gasteiger partial charge is 0.462 e. The van der Waals surface area contributed by atoms with Crippen LogP contribution in [0.2, 0.25) is 0 Å². The molecular weight excluding hydrogens is 261 g/mol. The number of rotatable bonds is 2. The topological polar surface area (TPSA) is 64.3 Å². The number of carbonyl (C=O) groups excluding carboxylic acids is 1. The van der Waals surface area contributed by atoms with Crippen LogP contribution in [-0.2, 0) is 15.7 Å². The minimum Gasteiger partial charge on any atom is -0.462 e. The average Bonchev–Trinajstić information content (AvgIpc) is 2.27. The van der Waals surface area contributed by atoms with Crippen LogP contribution in [-0.4, -0.2) is 12.1 Å². The number of halogens is 3. The van der Waals surface area contributed by atoms with E-state index in [1.807, 2.05) is 20.8 Å². The van der Waals surface area contributed by atoms with Crippen molar-refractivity contribution in [1.82, 2.24) is 0 Å². The van der Waals surface area contributed by atoms with Gasteiger partial charge in [-0.2, -0.15) is 13.2 Å². The molecule has 0 aliphatic heterocycles. The second-order valence-corrected chi connectivity index (χ2v) is 4.55. The molecule has 4 nitrogen and oxygen atoms in total. The normalized spacial score (nSPS) is 11.1. The standard InChI is InChI=1S/C7H7F3N2.C5H10O2/c8-7(9,10)5-2-1-3-6(4-5)12-11;1-5(2,3)7-4-6/h1-4,12H,11H2;4H,1-3H3. The molecule has 0 radical (unpaired) electrons. The maximum absolute atomic E-state index is 12.0. The molecule has 0 bridgehead atoms. The molecule has 1 rings (SSSR count). The fourth-order valence-corrected chi connectivity index (χ4v) is 0.930. The third-order valence-corrected chi connectivity index (χ3v) is 1.76. The van der Waals surface area contributed by atoms with Crippen molar-refractivity contribution >= 4 is 12.2 Å². The first-order valence-corrected chi connectivity index (χ1v) is 5.35. The second-order valence-electron chi connectivity index (χ2n) is 4.55. The van der Waals surface area contributed by atoms with Crippen LogP contribution >= 0.6 is 0 Å². The number of benzene rings is 1. The van der Waals surface area contributed by atoms with E-state index in [0.717, 1.165) is 12.1 Å². The number of nitrogens with one attached hydrogen (secondary N) is 1.